The van der Waals surface area contributed by atoms with Crippen LogP contribution in [0.25, 0.3) is 6.08 Å². The van der Waals surface area contributed by atoms with Gasteiger partial charge in [-0.1, -0.05) is 12.7 Å². The molecule has 3 heterocycles. The number of sulfone groups is 1. The van der Waals surface area contributed by atoms with E-state index in [9.17, 15) is 18.0 Å². The molecule has 0 saturated carbocycles. The lowest BCUT2D eigenvalue weighted by molar-refractivity contribution is -0.156. The summed E-state index contributed by atoms with van der Waals surface area (Å²) in [6, 6.07) is 2.06. The van der Waals surface area contributed by atoms with E-state index in [2.05, 4.69) is 6.58 Å². The number of carbonyl (C=O) groups excluding carboxylic acids is 2. The normalized spacial score (nSPS) is 28.3. The highest BCUT2D eigenvalue weighted by Crippen LogP contribution is 2.49. The van der Waals surface area contributed by atoms with E-state index < -0.39 is 37.9 Å². The molecule has 0 spiro atoms. The monoisotopic (exact) mass is 351 g/mol. The Kier molecular flexibility index (Phi) is 3.67. The topological polar surface area (TPSA) is 93.9 Å². The van der Waals surface area contributed by atoms with Crippen LogP contribution in [-0.4, -0.2) is 48.0 Å². The second kappa shape index (κ2) is 5.34. The van der Waals surface area contributed by atoms with Gasteiger partial charge in [0, 0.05) is 0 Å². The highest BCUT2D eigenvalue weighted by molar-refractivity contribution is 7.94. The van der Waals surface area contributed by atoms with Crippen molar-refractivity contribution >= 4 is 27.8 Å². The van der Waals surface area contributed by atoms with Crippen LogP contribution < -0.4 is 0 Å². The van der Waals surface area contributed by atoms with Crippen molar-refractivity contribution in [3.8, 4) is 0 Å². The quantitative estimate of drug-likeness (QED) is 0.349. The average Bonchev–Trinajstić information content (AvgIpc) is 3.07. The molecule has 7 nitrogen and oxygen atoms in total. The fourth-order valence-electron chi connectivity index (χ4n) is 3.07. The number of hydrogen-bond acceptors (Lipinski definition) is 6. The molecule has 2 aliphatic rings. The van der Waals surface area contributed by atoms with Crippen molar-refractivity contribution in [2.45, 2.75) is 30.0 Å². The summed E-state index contributed by atoms with van der Waals surface area (Å²) in [6.45, 7) is 6.25. The molecule has 3 rings (SSSR count). The molecule has 2 atom stereocenters. The van der Waals surface area contributed by atoms with Gasteiger partial charge in [-0.3, -0.25) is 4.79 Å². The van der Waals surface area contributed by atoms with Gasteiger partial charge in [0.25, 0.3) is 5.91 Å². The number of esters is 1. The second-order valence-corrected chi connectivity index (χ2v) is 8.74. The maximum absolute atomic E-state index is 12.9. The molecule has 0 bridgehead atoms. The van der Waals surface area contributed by atoms with Gasteiger partial charge in [-0.05, 0) is 32.1 Å². The van der Waals surface area contributed by atoms with Crippen LogP contribution in [0, 0.1) is 0 Å². The van der Waals surface area contributed by atoms with Crippen LogP contribution in [0.1, 0.15) is 19.6 Å². The third-order valence-electron chi connectivity index (χ3n) is 4.37. The number of fused-ring (bicyclic) bond motifs is 1. The Balaban J connectivity index is 2.02. The van der Waals surface area contributed by atoms with Crippen molar-refractivity contribution in [1.29, 1.82) is 0 Å². The zero-order valence-corrected chi connectivity index (χ0v) is 14.1. The Hall–Kier alpha value is -2.35. The Bertz CT molecular complexity index is 834. The molecular weight excluding hydrogens is 334 g/mol. The van der Waals surface area contributed by atoms with E-state index in [1.807, 2.05) is 0 Å². The fourth-order valence-corrected chi connectivity index (χ4v) is 5.19. The van der Waals surface area contributed by atoms with E-state index in [-0.39, 0.29) is 12.2 Å². The SMILES string of the molecule is C=CCOC(=O)[C@@H]1N2C(=O)/C(=C\c3ccco3)[C@H]2S(=O)(=O)C1(C)C. The van der Waals surface area contributed by atoms with Gasteiger partial charge in [-0.25, -0.2) is 13.2 Å². The minimum absolute atomic E-state index is 0.0484. The Morgan fingerprint density at radius 2 is 2.21 bits per heavy atom. The average molecular weight is 351 g/mol. The highest BCUT2D eigenvalue weighted by Gasteiger charge is 2.70. The smallest absolute Gasteiger partial charge is 0.330 e. The maximum atomic E-state index is 12.9. The van der Waals surface area contributed by atoms with Crippen molar-refractivity contribution < 1.29 is 27.2 Å². The summed E-state index contributed by atoms with van der Waals surface area (Å²) < 4.78 is 34.4. The lowest BCUT2D eigenvalue weighted by atomic mass is 9.95. The van der Waals surface area contributed by atoms with Crippen LogP contribution in [0.2, 0.25) is 0 Å². The van der Waals surface area contributed by atoms with E-state index in [0.29, 0.717) is 5.76 Å². The first-order valence-corrected chi connectivity index (χ1v) is 8.87. The molecule has 1 amide bonds. The van der Waals surface area contributed by atoms with Gasteiger partial charge in [0.05, 0.1) is 11.8 Å². The number of β-lactam (4-membered cyclic amide) rings is 1. The van der Waals surface area contributed by atoms with Crippen molar-refractivity contribution in [3.05, 3.63) is 42.4 Å². The van der Waals surface area contributed by atoms with Gasteiger partial charge in [-0.2, -0.15) is 0 Å². The number of nitrogens with zero attached hydrogens (tertiary/aromatic N) is 1. The number of furan rings is 1. The Morgan fingerprint density at radius 3 is 2.79 bits per heavy atom. The Labute approximate surface area is 139 Å². The van der Waals surface area contributed by atoms with Gasteiger partial charge in [0.2, 0.25) is 0 Å². The molecule has 0 radical (unpaired) electrons. The zero-order chi connectivity index (χ0) is 17.7. The van der Waals surface area contributed by atoms with Crippen molar-refractivity contribution in [3.63, 3.8) is 0 Å². The van der Waals surface area contributed by atoms with E-state index in [0.717, 1.165) is 4.90 Å². The van der Waals surface area contributed by atoms with Gasteiger partial charge >= 0.3 is 5.97 Å². The predicted octanol–water partition coefficient (Wildman–Crippen LogP) is 1.14. The maximum Gasteiger partial charge on any atom is 0.330 e. The first-order valence-electron chi connectivity index (χ1n) is 7.32. The van der Waals surface area contributed by atoms with Crippen molar-refractivity contribution in [2.24, 2.45) is 0 Å². The molecule has 2 saturated heterocycles. The third kappa shape index (κ3) is 2.06. The summed E-state index contributed by atoms with van der Waals surface area (Å²) in [5.41, 5.74) is 0.0945. The van der Waals surface area contributed by atoms with E-state index >= 15 is 0 Å². The molecule has 2 fully saturated rings. The lowest BCUT2D eigenvalue weighted by Gasteiger charge is -2.38. The van der Waals surface area contributed by atoms with Gasteiger partial charge < -0.3 is 14.1 Å². The molecular formula is C16H17NO6S. The number of hydrogen-bond donors (Lipinski definition) is 0. The number of amides is 1. The molecule has 24 heavy (non-hydrogen) atoms. The minimum Gasteiger partial charge on any atom is -0.465 e. The van der Waals surface area contributed by atoms with Gasteiger partial charge in [-0.15, -0.1) is 0 Å². The van der Waals surface area contributed by atoms with Gasteiger partial charge in [0.1, 0.15) is 17.1 Å². The van der Waals surface area contributed by atoms with Crippen molar-refractivity contribution in [1.82, 2.24) is 4.90 Å². The largest absolute Gasteiger partial charge is 0.465 e. The number of carbonyl (C=O) groups is 2. The predicted molar refractivity (Wildman–Crippen MR) is 85.3 cm³/mol. The van der Waals surface area contributed by atoms with Crippen LogP contribution in [-0.2, 0) is 24.2 Å². The summed E-state index contributed by atoms with van der Waals surface area (Å²) in [5, 5.41) is -1.16. The van der Waals surface area contributed by atoms with Crippen LogP contribution >= 0.6 is 0 Å². The molecule has 128 valence electrons. The molecule has 2 aliphatic heterocycles. The summed E-state index contributed by atoms with van der Waals surface area (Å²) in [7, 11) is -3.80. The van der Waals surface area contributed by atoms with E-state index in [1.54, 1.807) is 12.1 Å². The summed E-state index contributed by atoms with van der Waals surface area (Å²) in [6.07, 6.45) is 4.20. The van der Waals surface area contributed by atoms with Crippen LogP contribution in [0.5, 0.6) is 0 Å². The third-order valence-corrected chi connectivity index (χ3v) is 7.13. The summed E-state index contributed by atoms with van der Waals surface area (Å²) in [4.78, 5) is 25.8. The molecule has 1 aromatic rings. The van der Waals surface area contributed by atoms with E-state index in [4.69, 9.17) is 9.15 Å². The first kappa shape index (κ1) is 16.5. The van der Waals surface area contributed by atoms with E-state index in [1.165, 1.54) is 32.3 Å². The molecule has 0 aliphatic carbocycles. The molecule has 0 N–H and O–H groups in total. The fraction of sp³-hybridized carbons (Fsp3) is 0.375. The minimum atomic E-state index is -3.80. The number of ether oxygens (including phenoxy) is 1. The summed E-state index contributed by atoms with van der Waals surface area (Å²) in [5.74, 6) is -0.883. The first-order chi connectivity index (χ1) is 11.2. The summed E-state index contributed by atoms with van der Waals surface area (Å²) >= 11 is 0. The van der Waals surface area contributed by atoms with Crippen LogP contribution in [0.3, 0.4) is 0 Å². The van der Waals surface area contributed by atoms with Crippen LogP contribution in [0.15, 0.2) is 41.0 Å². The van der Waals surface area contributed by atoms with Gasteiger partial charge in [0.15, 0.2) is 21.3 Å². The standard InChI is InChI=1S/C16H17NO6S/c1-4-7-23-15(19)12-16(2,3)24(20,21)14-11(13(18)17(12)14)9-10-6-5-8-22-10/h4-6,8-9,12,14H,1,7H2,2-3H3/b11-9+/t12-,14+/m0/s1. The zero-order valence-electron chi connectivity index (χ0n) is 13.3. The second-order valence-electron chi connectivity index (χ2n) is 6.15. The number of rotatable bonds is 4. The van der Waals surface area contributed by atoms with Crippen LogP contribution in [0.4, 0.5) is 0 Å². The Morgan fingerprint density at radius 1 is 1.50 bits per heavy atom. The molecule has 0 aromatic carbocycles. The highest BCUT2D eigenvalue weighted by atomic mass is 32.2. The lowest BCUT2D eigenvalue weighted by Crippen LogP contribution is -2.59. The molecule has 0 unspecified atom stereocenters. The molecule has 1 aromatic heterocycles. The molecule has 8 heteroatoms. The van der Waals surface area contributed by atoms with Crippen molar-refractivity contribution in [2.75, 3.05) is 6.61 Å².